The quantitative estimate of drug-likeness (QED) is 0.799. The summed E-state index contributed by atoms with van der Waals surface area (Å²) in [6.45, 7) is 2.92. The normalized spacial score (nSPS) is 12.8. The summed E-state index contributed by atoms with van der Waals surface area (Å²) < 4.78 is 12.5. The minimum Gasteiger partial charge on any atom is -0.454 e. The maximum atomic E-state index is 5.38. The van der Waals surface area contributed by atoms with Crippen molar-refractivity contribution < 1.29 is 9.47 Å². The van der Waals surface area contributed by atoms with Gasteiger partial charge in [-0.1, -0.05) is 6.07 Å². The molecule has 3 aromatic rings. The van der Waals surface area contributed by atoms with Crippen molar-refractivity contribution in [2.24, 2.45) is 0 Å². The number of aromatic nitrogens is 3. The number of rotatable bonds is 3. The second kappa shape index (κ2) is 4.66. The number of hydrogen-bond donors (Lipinski definition) is 1. The van der Waals surface area contributed by atoms with Crippen LogP contribution in [-0.4, -0.2) is 21.4 Å². The molecule has 6 nitrogen and oxygen atoms in total. The third kappa shape index (κ3) is 2.14. The zero-order valence-electron chi connectivity index (χ0n) is 11.5. The zero-order chi connectivity index (χ0) is 14.2. The van der Waals surface area contributed by atoms with Crippen LogP contribution >= 0.6 is 0 Å². The minimum absolute atomic E-state index is 0.294. The smallest absolute Gasteiger partial charge is 0.231 e. The van der Waals surface area contributed by atoms with Crippen LogP contribution in [0, 0.1) is 6.92 Å². The lowest BCUT2D eigenvalue weighted by Gasteiger charge is -2.07. The standard InChI is InChI=1S/C15H14N4O2/c1-10-6-12-15(16-4-5-19(12)18-10)17-8-11-2-3-13-14(7-11)21-9-20-13/h2-7H,8-9H2,1H3,(H,16,17). The maximum Gasteiger partial charge on any atom is 0.231 e. The summed E-state index contributed by atoms with van der Waals surface area (Å²) in [6.07, 6.45) is 3.58. The fourth-order valence-electron chi connectivity index (χ4n) is 2.42. The molecule has 4 rings (SSSR count). The number of nitrogens with zero attached hydrogens (tertiary/aromatic N) is 3. The van der Waals surface area contributed by atoms with Gasteiger partial charge in [0.25, 0.3) is 0 Å². The molecule has 1 aromatic carbocycles. The van der Waals surface area contributed by atoms with Crippen molar-refractivity contribution in [2.45, 2.75) is 13.5 Å². The number of benzene rings is 1. The summed E-state index contributed by atoms with van der Waals surface area (Å²) in [5.41, 5.74) is 3.05. The summed E-state index contributed by atoms with van der Waals surface area (Å²) in [7, 11) is 0. The van der Waals surface area contributed by atoms with E-state index in [0.717, 1.165) is 34.1 Å². The van der Waals surface area contributed by atoms with Crippen LogP contribution in [-0.2, 0) is 6.54 Å². The van der Waals surface area contributed by atoms with Gasteiger partial charge < -0.3 is 14.8 Å². The molecule has 0 amide bonds. The Hall–Kier alpha value is -2.76. The van der Waals surface area contributed by atoms with Crippen molar-refractivity contribution in [3.05, 3.63) is 47.9 Å². The first-order chi connectivity index (χ1) is 10.3. The molecule has 1 aliphatic heterocycles. The lowest BCUT2D eigenvalue weighted by molar-refractivity contribution is 0.174. The van der Waals surface area contributed by atoms with Gasteiger partial charge in [-0.05, 0) is 30.7 Å². The van der Waals surface area contributed by atoms with Gasteiger partial charge in [0.05, 0.1) is 5.69 Å². The predicted molar refractivity (Wildman–Crippen MR) is 77.6 cm³/mol. The third-order valence-corrected chi connectivity index (χ3v) is 3.41. The monoisotopic (exact) mass is 282 g/mol. The molecule has 1 aliphatic rings. The number of nitrogens with one attached hydrogen (secondary N) is 1. The number of hydrogen-bond acceptors (Lipinski definition) is 5. The van der Waals surface area contributed by atoms with Gasteiger partial charge in [0, 0.05) is 18.9 Å². The van der Waals surface area contributed by atoms with Crippen LogP contribution in [0.2, 0.25) is 0 Å². The van der Waals surface area contributed by atoms with Gasteiger partial charge in [-0.3, -0.25) is 0 Å². The molecule has 0 saturated heterocycles. The minimum atomic E-state index is 0.294. The summed E-state index contributed by atoms with van der Waals surface area (Å²) >= 11 is 0. The van der Waals surface area contributed by atoms with Crippen molar-refractivity contribution in [1.82, 2.24) is 14.6 Å². The highest BCUT2D eigenvalue weighted by molar-refractivity contribution is 5.67. The topological polar surface area (TPSA) is 60.7 Å². The number of fused-ring (bicyclic) bond motifs is 2. The van der Waals surface area contributed by atoms with Crippen molar-refractivity contribution >= 4 is 11.3 Å². The van der Waals surface area contributed by atoms with E-state index >= 15 is 0 Å². The summed E-state index contributed by atoms with van der Waals surface area (Å²) in [6, 6.07) is 7.94. The number of anilines is 1. The zero-order valence-corrected chi connectivity index (χ0v) is 11.5. The average Bonchev–Trinajstić information content (AvgIpc) is 3.09. The number of aryl methyl sites for hydroxylation is 1. The summed E-state index contributed by atoms with van der Waals surface area (Å²) in [5, 5.41) is 7.72. The maximum absolute atomic E-state index is 5.38. The second-order valence-electron chi connectivity index (χ2n) is 4.93. The molecule has 6 heteroatoms. The average molecular weight is 282 g/mol. The fourth-order valence-corrected chi connectivity index (χ4v) is 2.42. The van der Waals surface area contributed by atoms with Crippen LogP contribution in [0.4, 0.5) is 5.82 Å². The molecule has 0 atom stereocenters. The van der Waals surface area contributed by atoms with Gasteiger partial charge in [0.2, 0.25) is 6.79 Å². The molecule has 106 valence electrons. The van der Waals surface area contributed by atoms with Crippen LogP contribution in [0.1, 0.15) is 11.3 Å². The molecule has 0 spiro atoms. The molecule has 21 heavy (non-hydrogen) atoms. The van der Waals surface area contributed by atoms with Crippen LogP contribution in [0.3, 0.4) is 0 Å². The van der Waals surface area contributed by atoms with Crippen molar-refractivity contribution in [2.75, 3.05) is 12.1 Å². The Kier molecular flexibility index (Phi) is 2.67. The lowest BCUT2D eigenvalue weighted by atomic mass is 10.2. The van der Waals surface area contributed by atoms with Gasteiger partial charge in [0.15, 0.2) is 17.3 Å². The summed E-state index contributed by atoms with van der Waals surface area (Å²) in [5.74, 6) is 2.40. The molecule has 3 heterocycles. The van der Waals surface area contributed by atoms with Crippen molar-refractivity contribution in [3.63, 3.8) is 0 Å². The van der Waals surface area contributed by atoms with E-state index in [1.165, 1.54) is 0 Å². The molecule has 0 radical (unpaired) electrons. The van der Waals surface area contributed by atoms with E-state index in [1.807, 2.05) is 41.9 Å². The molecule has 0 bridgehead atoms. The molecule has 0 unspecified atom stereocenters. The molecule has 0 aliphatic carbocycles. The molecule has 2 aromatic heterocycles. The van der Waals surface area contributed by atoms with Gasteiger partial charge in [-0.15, -0.1) is 0 Å². The molecular weight excluding hydrogens is 268 g/mol. The van der Waals surface area contributed by atoms with Crippen LogP contribution in [0.25, 0.3) is 5.52 Å². The lowest BCUT2D eigenvalue weighted by Crippen LogP contribution is -2.03. The Morgan fingerprint density at radius 2 is 2.14 bits per heavy atom. The van der Waals surface area contributed by atoms with Crippen LogP contribution in [0.5, 0.6) is 11.5 Å². The van der Waals surface area contributed by atoms with E-state index in [4.69, 9.17) is 9.47 Å². The van der Waals surface area contributed by atoms with E-state index in [-0.39, 0.29) is 0 Å². The first-order valence-electron chi connectivity index (χ1n) is 6.73. The Balaban J connectivity index is 1.58. The van der Waals surface area contributed by atoms with E-state index < -0.39 is 0 Å². The van der Waals surface area contributed by atoms with Gasteiger partial charge in [0.1, 0.15) is 5.52 Å². The molecule has 0 fully saturated rings. The molecular formula is C15H14N4O2. The SMILES string of the molecule is Cc1cc2c(NCc3ccc4c(c3)OCO4)nccn2n1. The van der Waals surface area contributed by atoms with Crippen molar-refractivity contribution in [3.8, 4) is 11.5 Å². The van der Waals surface area contributed by atoms with Gasteiger partial charge in [-0.2, -0.15) is 5.10 Å². The second-order valence-corrected chi connectivity index (χ2v) is 4.93. The van der Waals surface area contributed by atoms with E-state index in [9.17, 15) is 0 Å². The van der Waals surface area contributed by atoms with Crippen molar-refractivity contribution in [1.29, 1.82) is 0 Å². The Morgan fingerprint density at radius 3 is 3.10 bits per heavy atom. The summed E-state index contributed by atoms with van der Waals surface area (Å²) in [4.78, 5) is 4.38. The van der Waals surface area contributed by atoms with Crippen LogP contribution < -0.4 is 14.8 Å². The Labute approximate surface area is 121 Å². The highest BCUT2D eigenvalue weighted by Crippen LogP contribution is 2.32. The Bertz CT molecular complexity index is 813. The Morgan fingerprint density at radius 1 is 1.24 bits per heavy atom. The first kappa shape index (κ1) is 12.0. The first-order valence-corrected chi connectivity index (χ1v) is 6.73. The van der Waals surface area contributed by atoms with Gasteiger partial charge >= 0.3 is 0 Å². The molecule has 1 N–H and O–H groups in total. The van der Waals surface area contributed by atoms with E-state index in [1.54, 1.807) is 6.20 Å². The highest BCUT2D eigenvalue weighted by Gasteiger charge is 2.13. The van der Waals surface area contributed by atoms with E-state index in [2.05, 4.69) is 15.4 Å². The number of ether oxygens (including phenoxy) is 2. The molecule has 0 saturated carbocycles. The van der Waals surface area contributed by atoms with Gasteiger partial charge in [-0.25, -0.2) is 9.50 Å². The van der Waals surface area contributed by atoms with Crippen LogP contribution in [0.15, 0.2) is 36.7 Å². The largest absolute Gasteiger partial charge is 0.454 e. The highest BCUT2D eigenvalue weighted by atomic mass is 16.7. The fraction of sp³-hybridized carbons (Fsp3) is 0.200. The van der Waals surface area contributed by atoms with E-state index in [0.29, 0.717) is 13.3 Å². The third-order valence-electron chi connectivity index (χ3n) is 3.41. The predicted octanol–water partition coefficient (Wildman–Crippen LogP) is 2.38.